The van der Waals surface area contributed by atoms with Crippen molar-refractivity contribution in [3.63, 3.8) is 0 Å². The zero-order valence-electron chi connectivity index (χ0n) is 20.5. The molecule has 0 fully saturated rings. The molecule has 37 heavy (non-hydrogen) atoms. The summed E-state index contributed by atoms with van der Waals surface area (Å²) in [5.74, 6) is 1.29. The first-order valence-corrected chi connectivity index (χ1v) is 11.8. The Balaban J connectivity index is 1.59. The van der Waals surface area contributed by atoms with Crippen molar-refractivity contribution in [3.8, 4) is 23.0 Å². The minimum Gasteiger partial charge on any atom is -0.497 e. The van der Waals surface area contributed by atoms with Crippen molar-refractivity contribution in [1.29, 1.82) is 0 Å². The lowest BCUT2D eigenvalue weighted by molar-refractivity contribution is 0.0970. The van der Waals surface area contributed by atoms with Crippen molar-refractivity contribution < 1.29 is 33.2 Å². The van der Waals surface area contributed by atoms with Crippen LogP contribution in [0.3, 0.4) is 0 Å². The second kappa shape index (κ2) is 10.4. The van der Waals surface area contributed by atoms with Gasteiger partial charge in [0.15, 0.2) is 5.78 Å². The lowest BCUT2D eigenvalue weighted by atomic mass is 9.95. The standard InChI is InChI=1S/C28H27FN2O6/c1-34-18-12-17(13-19(14-18)36-10-8-32)31-27(21-4-3-16(29)11-25(21)35-2)28(33)23-15-30-26-20(23)5-6-24-22(26)7-9-37-24/h3-6,11-15,27,30-32H,7-10H2,1-2H3. The van der Waals surface area contributed by atoms with Crippen LogP contribution in [0.2, 0.25) is 0 Å². The van der Waals surface area contributed by atoms with Crippen molar-refractivity contribution in [2.45, 2.75) is 12.5 Å². The van der Waals surface area contributed by atoms with E-state index in [0.29, 0.717) is 34.9 Å². The Hall–Kier alpha value is -4.24. The first-order chi connectivity index (χ1) is 18.0. The Bertz CT molecular complexity index is 1450. The predicted molar refractivity (Wildman–Crippen MR) is 137 cm³/mol. The maximum absolute atomic E-state index is 14.1. The molecule has 0 amide bonds. The lowest BCUT2D eigenvalue weighted by Gasteiger charge is -2.22. The topological polar surface area (TPSA) is 102 Å². The molecule has 0 aliphatic carbocycles. The van der Waals surface area contributed by atoms with Gasteiger partial charge in [0.2, 0.25) is 0 Å². The molecule has 2 heterocycles. The summed E-state index contributed by atoms with van der Waals surface area (Å²) in [5, 5.41) is 13.2. The molecule has 0 saturated carbocycles. The average molecular weight is 507 g/mol. The Morgan fingerprint density at radius 3 is 2.76 bits per heavy atom. The molecule has 192 valence electrons. The smallest absolute Gasteiger partial charge is 0.191 e. The number of benzene rings is 3. The van der Waals surface area contributed by atoms with E-state index >= 15 is 0 Å². The molecule has 5 rings (SSSR count). The van der Waals surface area contributed by atoms with Gasteiger partial charge in [0.1, 0.15) is 41.5 Å². The highest BCUT2D eigenvalue weighted by atomic mass is 19.1. The number of aliphatic hydroxyl groups excluding tert-OH is 1. The van der Waals surface area contributed by atoms with Crippen molar-refractivity contribution in [3.05, 3.63) is 77.2 Å². The normalized spacial score (nSPS) is 13.1. The Labute approximate surface area is 212 Å². The number of halogens is 1. The molecule has 1 aliphatic rings. The van der Waals surface area contributed by atoms with E-state index in [-0.39, 0.29) is 24.7 Å². The quantitative estimate of drug-likeness (QED) is 0.269. The molecule has 3 N–H and O–H groups in total. The van der Waals surface area contributed by atoms with Gasteiger partial charge in [-0.2, -0.15) is 0 Å². The molecule has 4 aromatic rings. The van der Waals surface area contributed by atoms with Crippen LogP contribution >= 0.6 is 0 Å². The minimum absolute atomic E-state index is 0.101. The number of carbonyl (C=O) groups excluding carboxylic acids is 1. The van der Waals surface area contributed by atoms with Gasteiger partial charge in [-0.1, -0.05) is 0 Å². The SMILES string of the molecule is COc1cc(NC(C(=O)c2c[nH]c3c4c(ccc23)OCC4)c2ccc(F)cc2OC)cc(OCCO)c1. The van der Waals surface area contributed by atoms with Gasteiger partial charge in [0.05, 0.1) is 33.0 Å². The molecule has 9 heteroatoms. The molecule has 3 aromatic carbocycles. The third-order valence-electron chi connectivity index (χ3n) is 6.35. The number of Topliss-reactive ketones (excluding diaryl/α,β-unsaturated/α-hetero) is 1. The van der Waals surface area contributed by atoms with Gasteiger partial charge >= 0.3 is 0 Å². The molecule has 1 atom stereocenters. The number of hydrogen-bond acceptors (Lipinski definition) is 7. The molecular formula is C28H27FN2O6. The number of rotatable bonds is 10. The number of aromatic nitrogens is 1. The number of hydrogen-bond donors (Lipinski definition) is 3. The summed E-state index contributed by atoms with van der Waals surface area (Å²) in [6.45, 7) is 0.553. The molecular weight excluding hydrogens is 479 g/mol. The molecule has 0 radical (unpaired) electrons. The molecule has 0 saturated heterocycles. The number of methoxy groups -OCH3 is 2. The first-order valence-electron chi connectivity index (χ1n) is 11.8. The number of carbonyl (C=O) groups is 1. The van der Waals surface area contributed by atoms with E-state index in [4.69, 9.17) is 24.1 Å². The van der Waals surface area contributed by atoms with E-state index in [1.165, 1.54) is 32.4 Å². The summed E-state index contributed by atoms with van der Waals surface area (Å²) in [6.07, 6.45) is 2.45. The molecule has 0 bridgehead atoms. The van der Waals surface area contributed by atoms with Gasteiger partial charge in [-0.3, -0.25) is 4.79 Å². The largest absolute Gasteiger partial charge is 0.497 e. The number of ether oxygens (including phenoxy) is 4. The predicted octanol–water partition coefficient (Wildman–Crippen LogP) is 4.67. The van der Waals surface area contributed by atoms with Crippen molar-refractivity contribution in [2.24, 2.45) is 0 Å². The lowest BCUT2D eigenvalue weighted by Crippen LogP contribution is -2.22. The van der Waals surface area contributed by atoms with E-state index < -0.39 is 11.9 Å². The van der Waals surface area contributed by atoms with Crippen LogP contribution in [0.1, 0.15) is 27.5 Å². The summed E-state index contributed by atoms with van der Waals surface area (Å²) in [4.78, 5) is 17.4. The van der Waals surface area contributed by atoms with Gasteiger partial charge < -0.3 is 34.4 Å². The molecule has 8 nitrogen and oxygen atoms in total. The van der Waals surface area contributed by atoms with Gasteiger partial charge in [-0.25, -0.2) is 4.39 Å². The van der Waals surface area contributed by atoms with E-state index in [2.05, 4.69) is 10.3 Å². The fourth-order valence-corrected chi connectivity index (χ4v) is 4.64. The van der Waals surface area contributed by atoms with Crippen LogP contribution in [0.15, 0.2) is 54.7 Å². The van der Waals surface area contributed by atoms with Crippen LogP contribution in [-0.2, 0) is 6.42 Å². The van der Waals surface area contributed by atoms with Gasteiger partial charge in [0.25, 0.3) is 0 Å². The van der Waals surface area contributed by atoms with Gasteiger partial charge in [-0.15, -0.1) is 0 Å². The average Bonchev–Trinajstić information content (AvgIpc) is 3.57. The van der Waals surface area contributed by atoms with E-state index in [0.717, 1.165) is 28.6 Å². The van der Waals surface area contributed by atoms with Crippen molar-refractivity contribution >= 4 is 22.4 Å². The number of H-pyrrole nitrogens is 1. The number of aromatic amines is 1. The summed E-state index contributed by atoms with van der Waals surface area (Å²) in [5.41, 5.74) is 3.39. The fourth-order valence-electron chi connectivity index (χ4n) is 4.64. The summed E-state index contributed by atoms with van der Waals surface area (Å²) in [6, 6.07) is 12.0. The highest BCUT2D eigenvalue weighted by molar-refractivity contribution is 6.12. The second-order valence-corrected chi connectivity index (χ2v) is 8.56. The summed E-state index contributed by atoms with van der Waals surface area (Å²) < 4.78 is 36.1. The molecule has 1 unspecified atom stereocenters. The first kappa shape index (κ1) is 24.5. The molecule has 0 spiro atoms. The molecule has 1 aliphatic heterocycles. The van der Waals surface area contributed by atoms with Crippen molar-refractivity contribution in [2.75, 3.05) is 39.4 Å². The third kappa shape index (κ3) is 4.77. The molecule has 1 aromatic heterocycles. The maximum atomic E-state index is 14.1. The van der Waals surface area contributed by atoms with Crippen LogP contribution in [0.4, 0.5) is 10.1 Å². The Morgan fingerprint density at radius 1 is 1.14 bits per heavy atom. The highest BCUT2D eigenvalue weighted by Gasteiger charge is 2.29. The van der Waals surface area contributed by atoms with Gasteiger partial charge in [-0.05, 0) is 24.3 Å². The van der Waals surface area contributed by atoms with Crippen LogP contribution in [-0.4, -0.2) is 49.9 Å². The van der Waals surface area contributed by atoms with Crippen LogP contribution in [0.25, 0.3) is 10.9 Å². The van der Waals surface area contributed by atoms with Crippen LogP contribution in [0.5, 0.6) is 23.0 Å². The van der Waals surface area contributed by atoms with E-state index in [9.17, 15) is 9.18 Å². The number of nitrogens with one attached hydrogen (secondary N) is 2. The van der Waals surface area contributed by atoms with E-state index in [1.54, 1.807) is 24.4 Å². The van der Waals surface area contributed by atoms with E-state index in [1.807, 2.05) is 12.1 Å². The minimum atomic E-state index is -0.933. The number of ketones is 1. The summed E-state index contributed by atoms with van der Waals surface area (Å²) >= 11 is 0. The van der Waals surface area contributed by atoms with Crippen LogP contribution < -0.4 is 24.3 Å². The Kier molecular flexibility index (Phi) is 6.87. The summed E-state index contributed by atoms with van der Waals surface area (Å²) in [7, 11) is 2.95. The van der Waals surface area contributed by atoms with Gasteiger partial charge in [0, 0.05) is 64.6 Å². The number of anilines is 1. The zero-order chi connectivity index (χ0) is 25.9. The second-order valence-electron chi connectivity index (χ2n) is 8.56. The van der Waals surface area contributed by atoms with Crippen LogP contribution in [0, 0.1) is 5.82 Å². The monoisotopic (exact) mass is 506 g/mol. The number of aliphatic hydroxyl groups is 1. The fraction of sp³-hybridized carbons (Fsp3) is 0.250. The van der Waals surface area contributed by atoms with Crippen molar-refractivity contribution in [1.82, 2.24) is 4.98 Å². The third-order valence-corrected chi connectivity index (χ3v) is 6.35. The highest BCUT2D eigenvalue weighted by Crippen LogP contribution is 2.38. The number of fused-ring (bicyclic) bond motifs is 3. The zero-order valence-corrected chi connectivity index (χ0v) is 20.5. The Morgan fingerprint density at radius 2 is 1.97 bits per heavy atom. The maximum Gasteiger partial charge on any atom is 0.191 e.